The van der Waals surface area contributed by atoms with Gasteiger partial charge in [-0.05, 0) is 60.0 Å². The van der Waals surface area contributed by atoms with Crippen molar-refractivity contribution in [3.8, 4) is 5.75 Å². The molecule has 0 saturated carbocycles. The highest BCUT2D eigenvalue weighted by Crippen LogP contribution is 2.38. The monoisotopic (exact) mass is 516 g/mol. The maximum Gasteiger partial charge on any atom is 0.262 e. The summed E-state index contributed by atoms with van der Waals surface area (Å²) < 4.78 is 19.1. The number of halogens is 1. The molecule has 3 aromatic carbocycles. The van der Waals surface area contributed by atoms with E-state index in [9.17, 15) is 14.0 Å². The number of rotatable bonds is 6. The van der Waals surface area contributed by atoms with Gasteiger partial charge < -0.3 is 10.1 Å². The predicted octanol–water partition coefficient (Wildman–Crippen LogP) is 5.32. The molecule has 2 heterocycles. The third-order valence-electron chi connectivity index (χ3n) is 6.27. The van der Waals surface area contributed by atoms with Crippen LogP contribution in [-0.4, -0.2) is 40.1 Å². The zero-order valence-electron chi connectivity index (χ0n) is 20.3. The lowest BCUT2D eigenvalue weighted by Crippen LogP contribution is -2.25. The van der Waals surface area contributed by atoms with Crippen LogP contribution in [0.25, 0.3) is 0 Å². The molecule has 0 unspecified atom stereocenters. The highest BCUT2D eigenvalue weighted by Gasteiger charge is 2.39. The van der Waals surface area contributed by atoms with E-state index < -0.39 is 11.1 Å². The summed E-state index contributed by atoms with van der Waals surface area (Å²) in [5.74, 6) is -0.407. The first-order chi connectivity index (χ1) is 17.9. The smallest absolute Gasteiger partial charge is 0.262 e. The second-order valence-electron chi connectivity index (χ2n) is 8.81. The van der Waals surface area contributed by atoms with Crippen LogP contribution in [0.1, 0.15) is 35.6 Å². The van der Waals surface area contributed by atoms with E-state index in [0.29, 0.717) is 22.8 Å². The molecule has 37 heavy (non-hydrogen) atoms. The zero-order chi connectivity index (χ0) is 25.9. The molecule has 0 saturated heterocycles. The first-order valence-corrected chi connectivity index (χ1v) is 12.7. The molecule has 3 aromatic rings. The molecule has 1 N–H and O–H groups in total. The van der Waals surface area contributed by atoms with Crippen molar-refractivity contribution >= 4 is 40.1 Å². The van der Waals surface area contributed by atoms with Crippen molar-refractivity contribution in [2.75, 3.05) is 12.4 Å². The number of amides is 2. The largest absolute Gasteiger partial charge is 0.497 e. The van der Waals surface area contributed by atoms with E-state index in [1.165, 1.54) is 17.8 Å². The van der Waals surface area contributed by atoms with E-state index in [1.807, 2.05) is 54.6 Å². The number of amidine groups is 1. The van der Waals surface area contributed by atoms with Gasteiger partial charge >= 0.3 is 0 Å². The lowest BCUT2D eigenvalue weighted by Gasteiger charge is -2.23. The van der Waals surface area contributed by atoms with Gasteiger partial charge in [0.05, 0.1) is 18.9 Å². The summed E-state index contributed by atoms with van der Waals surface area (Å²) in [4.78, 5) is 29.6. The molecule has 0 spiro atoms. The Labute approximate surface area is 218 Å². The molecule has 0 radical (unpaired) electrons. The van der Waals surface area contributed by atoms with Gasteiger partial charge in [-0.3, -0.25) is 9.59 Å². The Morgan fingerprint density at radius 1 is 1.14 bits per heavy atom. The minimum Gasteiger partial charge on any atom is -0.497 e. The Kier molecular flexibility index (Phi) is 7.05. The zero-order valence-corrected chi connectivity index (χ0v) is 21.2. The van der Waals surface area contributed by atoms with Crippen LogP contribution >= 0.6 is 11.8 Å². The van der Waals surface area contributed by atoms with Crippen LogP contribution in [0.2, 0.25) is 0 Å². The van der Waals surface area contributed by atoms with Crippen molar-refractivity contribution in [2.45, 2.75) is 31.1 Å². The summed E-state index contributed by atoms with van der Waals surface area (Å²) in [5, 5.41) is 9.08. The fraction of sp³-hybridized carbons (Fsp3) is 0.214. The molecule has 2 aliphatic rings. The number of thioether (sulfide) groups is 1. The molecule has 2 aliphatic heterocycles. The molecule has 2 amide bonds. The van der Waals surface area contributed by atoms with Crippen molar-refractivity contribution in [3.63, 3.8) is 0 Å². The number of anilines is 1. The minimum atomic E-state index is -0.679. The quantitative estimate of drug-likeness (QED) is 0.480. The second kappa shape index (κ2) is 10.6. The molecule has 5 rings (SSSR count). The van der Waals surface area contributed by atoms with Crippen LogP contribution in [0, 0.1) is 12.7 Å². The highest BCUT2D eigenvalue weighted by molar-refractivity contribution is 8.15. The van der Waals surface area contributed by atoms with E-state index in [-0.39, 0.29) is 24.3 Å². The van der Waals surface area contributed by atoms with Crippen LogP contribution in [-0.2, 0) is 9.59 Å². The Morgan fingerprint density at radius 3 is 2.59 bits per heavy atom. The summed E-state index contributed by atoms with van der Waals surface area (Å²) >= 11 is 1.23. The number of benzene rings is 3. The number of carbonyl (C=O) groups is 2. The maximum atomic E-state index is 13.8. The van der Waals surface area contributed by atoms with Crippen LogP contribution < -0.4 is 10.1 Å². The van der Waals surface area contributed by atoms with E-state index in [0.717, 1.165) is 22.6 Å². The number of aryl methyl sites for hydroxylation is 1. The van der Waals surface area contributed by atoms with E-state index in [1.54, 1.807) is 31.2 Å². The Balaban J connectivity index is 1.33. The fourth-order valence-electron chi connectivity index (χ4n) is 4.23. The third-order valence-corrected chi connectivity index (χ3v) is 7.41. The number of methoxy groups -OCH3 is 1. The SMILES string of the molecule is COc1ccc(C2=NN(C3=NC(=O)[C@H](CC(=O)Nc4ccc(C)c(F)c4)S3)[C@@H](c3ccccc3)C2)cc1. The third kappa shape index (κ3) is 5.41. The van der Waals surface area contributed by atoms with Gasteiger partial charge in [-0.25, -0.2) is 9.40 Å². The maximum absolute atomic E-state index is 13.8. The molecule has 188 valence electrons. The summed E-state index contributed by atoms with van der Waals surface area (Å²) in [5.41, 5.74) is 3.72. The molecule has 7 nitrogen and oxygen atoms in total. The standard InChI is InChI=1S/C28H25FN4O3S/c1-17-8-11-20(14-22(17)29)30-26(34)16-25-27(35)31-28(37-25)33-24(19-6-4-3-5-7-19)15-23(32-33)18-9-12-21(36-2)13-10-18/h3-14,24-25H,15-16H2,1-2H3,(H,30,34)/t24-,25+/m1/s1. The average Bonchev–Trinajstić information content (AvgIpc) is 3.51. The lowest BCUT2D eigenvalue weighted by atomic mass is 9.98. The molecule has 0 aromatic heterocycles. The number of carbonyl (C=O) groups excluding carboxylic acids is 2. The Morgan fingerprint density at radius 2 is 1.89 bits per heavy atom. The predicted molar refractivity (Wildman–Crippen MR) is 143 cm³/mol. The average molecular weight is 517 g/mol. The van der Waals surface area contributed by atoms with Gasteiger partial charge in [0.25, 0.3) is 5.91 Å². The summed E-state index contributed by atoms with van der Waals surface area (Å²) in [7, 11) is 1.62. The van der Waals surface area contributed by atoms with Crippen LogP contribution in [0.5, 0.6) is 5.75 Å². The number of nitrogens with one attached hydrogen (secondary N) is 1. The second-order valence-corrected chi connectivity index (χ2v) is 9.98. The van der Waals surface area contributed by atoms with Gasteiger partial charge in [0.15, 0.2) is 5.17 Å². The number of aliphatic imine (C=N–C) groups is 1. The molecule has 0 aliphatic carbocycles. The van der Waals surface area contributed by atoms with Gasteiger partial charge in [0, 0.05) is 18.5 Å². The van der Waals surface area contributed by atoms with Crippen LogP contribution in [0.15, 0.2) is 82.9 Å². The van der Waals surface area contributed by atoms with Crippen molar-refractivity contribution < 1.29 is 18.7 Å². The van der Waals surface area contributed by atoms with Crippen LogP contribution in [0.3, 0.4) is 0 Å². The molecule has 0 bridgehead atoms. The summed E-state index contributed by atoms with van der Waals surface area (Å²) in [6.45, 7) is 1.65. The molecular weight excluding hydrogens is 491 g/mol. The van der Waals surface area contributed by atoms with Gasteiger partial charge in [0.1, 0.15) is 16.8 Å². The van der Waals surface area contributed by atoms with Crippen molar-refractivity contribution in [2.24, 2.45) is 10.1 Å². The minimum absolute atomic E-state index is 0.0785. The summed E-state index contributed by atoms with van der Waals surface area (Å²) in [6.07, 6.45) is 0.555. The molecule has 0 fully saturated rings. The number of hydrazone groups is 1. The Hall–Kier alpha value is -3.98. The number of hydrogen-bond acceptors (Lipinski definition) is 6. The topological polar surface area (TPSA) is 83.4 Å². The molecule has 9 heteroatoms. The fourth-order valence-corrected chi connectivity index (χ4v) is 5.30. The van der Waals surface area contributed by atoms with E-state index >= 15 is 0 Å². The lowest BCUT2D eigenvalue weighted by molar-refractivity contribution is -0.121. The van der Waals surface area contributed by atoms with Crippen molar-refractivity contribution in [1.82, 2.24) is 5.01 Å². The molecular formula is C28H25FN4O3S. The van der Waals surface area contributed by atoms with E-state index in [4.69, 9.17) is 9.84 Å². The van der Waals surface area contributed by atoms with Gasteiger partial charge in [-0.1, -0.05) is 48.2 Å². The van der Waals surface area contributed by atoms with Gasteiger partial charge in [-0.15, -0.1) is 0 Å². The van der Waals surface area contributed by atoms with Gasteiger partial charge in [-0.2, -0.15) is 10.1 Å². The number of nitrogens with zero attached hydrogens (tertiary/aromatic N) is 3. The van der Waals surface area contributed by atoms with E-state index in [2.05, 4.69) is 10.3 Å². The van der Waals surface area contributed by atoms with Gasteiger partial charge in [0.2, 0.25) is 5.91 Å². The number of hydrogen-bond donors (Lipinski definition) is 1. The van der Waals surface area contributed by atoms with Crippen molar-refractivity contribution in [1.29, 1.82) is 0 Å². The summed E-state index contributed by atoms with van der Waals surface area (Å²) in [6, 6.07) is 22.0. The molecule has 2 atom stereocenters. The normalized spacial score (nSPS) is 19.0. The first kappa shape index (κ1) is 24.7. The highest BCUT2D eigenvalue weighted by atomic mass is 32.2. The Bertz CT molecular complexity index is 1390. The van der Waals surface area contributed by atoms with Crippen LogP contribution in [0.4, 0.5) is 10.1 Å². The van der Waals surface area contributed by atoms with Crippen molar-refractivity contribution in [3.05, 3.63) is 95.3 Å². The number of ether oxygens (including phenoxy) is 1. The first-order valence-electron chi connectivity index (χ1n) is 11.8.